The van der Waals surface area contributed by atoms with Gasteiger partial charge in [0, 0.05) is 6.07 Å². The molecule has 1 N–H and O–H groups in total. The number of benzene rings is 1. The molecule has 0 aliphatic rings. The van der Waals surface area contributed by atoms with Gasteiger partial charge in [0.2, 0.25) is 0 Å². The highest BCUT2D eigenvalue weighted by Crippen LogP contribution is 2.40. The fourth-order valence-corrected chi connectivity index (χ4v) is 1.77. The van der Waals surface area contributed by atoms with E-state index >= 15 is 0 Å². The van der Waals surface area contributed by atoms with Gasteiger partial charge in [-0.05, 0) is 13.0 Å². The van der Waals surface area contributed by atoms with Crippen LogP contribution in [-0.4, -0.2) is 9.82 Å². The predicted octanol–water partition coefficient (Wildman–Crippen LogP) is 1.13. The van der Waals surface area contributed by atoms with Gasteiger partial charge in [0.15, 0.2) is 0 Å². The summed E-state index contributed by atoms with van der Waals surface area (Å²) in [6.45, 7) is 1.29. The van der Waals surface area contributed by atoms with Crippen molar-refractivity contribution in [2.45, 2.75) is 13.0 Å². The van der Waals surface area contributed by atoms with E-state index in [1.54, 1.807) is 0 Å². The fourth-order valence-electron chi connectivity index (χ4n) is 1.25. The Hall–Kier alpha value is -1.27. The summed E-state index contributed by atoms with van der Waals surface area (Å²) in [6, 6.07) is 5.54. The Balaban J connectivity index is 3.04. The fraction of sp³-hybridized carbons (Fsp3) is 0.250. The van der Waals surface area contributed by atoms with Crippen LogP contribution in [0.25, 0.3) is 0 Å². The number of phosphoric acid groups is 1. The Labute approximate surface area is 91.1 Å². The summed E-state index contributed by atoms with van der Waals surface area (Å²) in [5, 5.41) is 10.6. The molecule has 2 atom stereocenters. The molecule has 0 bridgehead atoms. The largest absolute Gasteiger partial charge is 0.756 e. The van der Waals surface area contributed by atoms with Crippen LogP contribution in [0.4, 0.5) is 5.69 Å². The summed E-state index contributed by atoms with van der Waals surface area (Å²) >= 11 is 0. The molecule has 0 saturated heterocycles. The van der Waals surface area contributed by atoms with Crippen molar-refractivity contribution in [1.82, 2.24) is 0 Å². The minimum atomic E-state index is -4.91. The summed E-state index contributed by atoms with van der Waals surface area (Å²) in [5.41, 5.74) is -0.180. The van der Waals surface area contributed by atoms with Gasteiger partial charge in [-0.3, -0.25) is 14.7 Å². The van der Waals surface area contributed by atoms with Gasteiger partial charge in [-0.15, -0.1) is 0 Å². The summed E-state index contributed by atoms with van der Waals surface area (Å²) in [4.78, 5) is 29.0. The second-order valence-electron chi connectivity index (χ2n) is 3.03. The molecule has 0 aliphatic carbocycles. The van der Waals surface area contributed by atoms with Gasteiger partial charge in [0.05, 0.1) is 16.6 Å². The third-order valence-electron chi connectivity index (χ3n) is 1.86. The van der Waals surface area contributed by atoms with Gasteiger partial charge in [-0.1, -0.05) is 12.1 Å². The first-order valence-electron chi connectivity index (χ1n) is 4.27. The van der Waals surface area contributed by atoms with E-state index in [1.165, 1.54) is 31.2 Å². The lowest BCUT2D eigenvalue weighted by Crippen LogP contribution is -2.08. The van der Waals surface area contributed by atoms with Gasteiger partial charge >= 0.3 is 0 Å². The Morgan fingerprint density at radius 3 is 2.56 bits per heavy atom. The zero-order chi connectivity index (χ0) is 12.3. The molecular formula is C8H9NO6P-. The van der Waals surface area contributed by atoms with Crippen molar-refractivity contribution in [3.63, 3.8) is 0 Å². The maximum Gasteiger partial charge on any atom is 0.275 e. The molecule has 7 nitrogen and oxygen atoms in total. The number of rotatable bonds is 4. The number of nitro benzene ring substituents is 1. The third-order valence-corrected chi connectivity index (χ3v) is 2.45. The number of phosphoric ester groups is 1. The molecule has 1 aromatic carbocycles. The first kappa shape index (κ1) is 12.8. The highest BCUT2D eigenvalue weighted by molar-refractivity contribution is 7.44. The summed E-state index contributed by atoms with van der Waals surface area (Å²) in [7, 11) is -4.91. The van der Waals surface area contributed by atoms with Crippen molar-refractivity contribution >= 4 is 13.5 Å². The molecule has 1 aromatic rings. The Morgan fingerprint density at radius 2 is 2.06 bits per heavy atom. The lowest BCUT2D eigenvalue weighted by atomic mass is 10.1. The lowest BCUT2D eigenvalue weighted by molar-refractivity contribution is -0.386. The maximum absolute atomic E-state index is 10.6. The minimum absolute atomic E-state index is 0.0811. The third kappa shape index (κ3) is 3.39. The van der Waals surface area contributed by atoms with Crippen LogP contribution in [-0.2, 0) is 9.09 Å². The van der Waals surface area contributed by atoms with Crippen molar-refractivity contribution in [3.05, 3.63) is 39.9 Å². The van der Waals surface area contributed by atoms with Crippen molar-refractivity contribution in [3.8, 4) is 0 Å². The molecule has 0 spiro atoms. The summed E-state index contributed by atoms with van der Waals surface area (Å²) < 4.78 is 14.8. The van der Waals surface area contributed by atoms with Crippen LogP contribution in [0.1, 0.15) is 18.6 Å². The first-order valence-corrected chi connectivity index (χ1v) is 5.76. The number of hydrogen-bond acceptors (Lipinski definition) is 5. The first-order chi connectivity index (χ1) is 7.31. The Kier molecular flexibility index (Phi) is 3.77. The number of hydrogen-bond donors (Lipinski definition) is 1. The second-order valence-corrected chi connectivity index (χ2v) is 4.18. The molecule has 8 heteroatoms. The maximum atomic E-state index is 10.6. The van der Waals surface area contributed by atoms with E-state index in [2.05, 4.69) is 4.52 Å². The quantitative estimate of drug-likeness (QED) is 0.484. The smallest absolute Gasteiger partial charge is 0.275 e. The number of nitrogens with zero attached hydrogens (tertiary/aromatic N) is 1. The molecular weight excluding hydrogens is 237 g/mol. The molecule has 1 rings (SSSR count). The van der Waals surface area contributed by atoms with E-state index in [0.717, 1.165) is 0 Å². The molecule has 0 heterocycles. The SMILES string of the molecule is CC(OP(=O)([O-])O)c1ccccc1[N+](=O)[O-]. The van der Waals surface area contributed by atoms with Crippen molar-refractivity contribution in [2.75, 3.05) is 0 Å². The standard InChI is InChI=1S/C8H10NO6P/c1-6(15-16(12,13)14)7-4-2-3-5-8(7)9(10)11/h2-6H,1H3,(H2,12,13,14)/p-1. The van der Waals surface area contributed by atoms with Crippen LogP contribution in [0.2, 0.25) is 0 Å². The summed E-state index contributed by atoms with van der Waals surface area (Å²) in [6.07, 6.45) is -1.12. The van der Waals surface area contributed by atoms with Crippen LogP contribution < -0.4 is 4.89 Å². The van der Waals surface area contributed by atoms with Gasteiger partial charge < -0.3 is 14.3 Å². The van der Waals surface area contributed by atoms with Crippen LogP contribution in [0.5, 0.6) is 0 Å². The topological polar surface area (TPSA) is 113 Å². The number of para-hydroxylation sites is 1. The van der Waals surface area contributed by atoms with Crippen molar-refractivity contribution in [2.24, 2.45) is 0 Å². The zero-order valence-corrected chi connectivity index (χ0v) is 9.16. The predicted molar refractivity (Wildman–Crippen MR) is 52.4 cm³/mol. The van der Waals surface area contributed by atoms with Crippen LogP contribution >= 0.6 is 7.82 Å². The monoisotopic (exact) mass is 246 g/mol. The highest BCUT2D eigenvalue weighted by atomic mass is 31.2. The average Bonchev–Trinajstić information content (AvgIpc) is 2.15. The lowest BCUT2D eigenvalue weighted by Gasteiger charge is -2.21. The normalized spacial score (nSPS) is 16.4. The van der Waals surface area contributed by atoms with Crippen molar-refractivity contribution in [1.29, 1.82) is 0 Å². The van der Waals surface area contributed by atoms with E-state index in [0.29, 0.717) is 0 Å². The molecule has 88 valence electrons. The molecule has 0 aliphatic heterocycles. The van der Waals surface area contributed by atoms with Gasteiger partial charge in [-0.25, -0.2) is 0 Å². The molecule has 2 unspecified atom stereocenters. The Bertz CT molecular complexity index is 442. The molecule has 0 radical (unpaired) electrons. The second kappa shape index (κ2) is 4.71. The van der Waals surface area contributed by atoms with Crippen LogP contribution in [0.3, 0.4) is 0 Å². The van der Waals surface area contributed by atoms with Gasteiger partial charge in [0.1, 0.15) is 0 Å². The molecule has 0 amide bonds. The van der Waals surface area contributed by atoms with E-state index < -0.39 is 18.8 Å². The van der Waals surface area contributed by atoms with Gasteiger partial charge in [-0.2, -0.15) is 0 Å². The number of nitro groups is 1. The van der Waals surface area contributed by atoms with Crippen molar-refractivity contribution < 1.29 is 23.8 Å². The molecule has 0 saturated carbocycles. The molecule has 16 heavy (non-hydrogen) atoms. The molecule has 0 fully saturated rings. The Morgan fingerprint density at radius 1 is 1.50 bits per heavy atom. The van der Waals surface area contributed by atoms with E-state index in [9.17, 15) is 19.6 Å². The highest BCUT2D eigenvalue weighted by Gasteiger charge is 2.21. The van der Waals surface area contributed by atoms with E-state index in [-0.39, 0.29) is 11.3 Å². The van der Waals surface area contributed by atoms with Gasteiger partial charge in [0.25, 0.3) is 13.5 Å². The van der Waals surface area contributed by atoms with Crippen LogP contribution in [0.15, 0.2) is 24.3 Å². The zero-order valence-electron chi connectivity index (χ0n) is 8.27. The average molecular weight is 246 g/mol. The van der Waals surface area contributed by atoms with E-state index in [4.69, 9.17) is 4.89 Å². The summed E-state index contributed by atoms with van der Waals surface area (Å²) in [5.74, 6) is 0. The van der Waals surface area contributed by atoms with E-state index in [1.807, 2.05) is 0 Å². The molecule has 0 aromatic heterocycles. The van der Waals surface area contributed by atoms with Crippen LogP contribution in [0, 0.1) is 10.1 Å². The minimum Gasteiger partial charge on any atom is -0.756 e.